The number of aromatic amines is 1. The van der Waals surface area contributed by atoms with Gasteiger partial charge in [0.05, 0.1) is 5.52 Å². The molecule has 6 heteroatoms. The van der Waals surface area contributed by atoms with Gasteiger partial charge in [-0.3, -0.25) is 4.79 Å². The van der Waals surface area contributed by atoms with E-state index in [0.717, 1.165) is 31.6 Å². The van der Waals surface area contributed by atoms with Gasteiger partial charge in [0.25, 0.3) is 5.91 Å². The number of nitrogens with zero attached hydrogens (tertiary/aromatic N) is 4. The Morgan fingerprint density at radius 1 is 1.60 bits per heavy atom. The van der Waals surface area contributed by atoms with Crippen LogP contribution in [0.4, 0.5) is 0 Å². The first-order valence-electron chi connectivity index (χ1n) is 6.88. The van der Waals surface area contributed by atoms with Gasteiger partial charge >= 0.3 is 0 Å². The maximum atomic E-state index is 12.4. The van der Waals surface area contributed by atoms with Gasteiger partial charge in [-0.15, -0.1) is 0 Å². The van der Waals surface area contributed by atoms with Crippen molar-refractivity contribution < 1.29 is 4.79 Å². The van der Waals surface area contributed by atoms with Crippen LogP contribution in [-0.2, 0) is 0 Å². The number of carbonyl (C=O) groups is 1. The fourth-order valence-corrected chi connectivity index (χ4v) is 2.77. The molecular formula is C14H19N5O. The predicted molar refractivity (Wildman–Crippen MR) is 76.5 cm³/mol. The Balaban J connectivity index is 1.71. The van der Waals surface area contributed by atoms with Crippen molar-refractivity contribution in [2.75, 3.05) is 33.7 Å². The molecule has 2 aromatic heterocycles. The minimum absolute atomic E-state index is 0.0717. The molecule has 2 aromatic rings. The summed E-state index contributed by atoms with van der Waals surface area (Å²) in [7, 11) is 3.95. The van der Waals surface area contributed by atoms with Crippen molar-refractivity contribution in [3.05, 3.63) is 24.2 Å². The highest BCUT2D eigenvalue weighted by molar-refractivity contribution is 5.93. The number of pyridine rings is 1. The first-order valence-corrected chi connectivity index (χ1v) is 6.88. The Hall–Kier alpha value is -1.95. The number of likely N-dealkylation sites (tertiary alicyclic amines) is 1. The number of hydrogen-bond donors (Lipinski definition) is 1. The second-order valence-electron chi connectivity index (χ2n) is 5.56. The Morgan fingerprint density at radius 3 is 3.15 bits per heavy atom. The van der Waals surface area contributed by atoms with Crippen LogP contribution in [0.2, 0.25) is 0 Å². The van der Waals surface area contributed by atoms with E-state index < -0.39 is 0 Å². The SMILES string of the molecule is CN1CCC(CN(C)C(=O)c2nc3ncccc3[nH]2)C1. The van der Waals surface area contributed by atoms with Crippen molar-refractivity contribution in [1.82, 2.24) is 24.8 Å². The van der Waals surface area contributed by atoms with E-state index in [1.165, 1.54) is 0 Å². The third-order valence-corrected chi connectivity index (χ3v) is 3.83. The van der Waals surface area contributed by atoms with Crippen LogP contribution in [0.15, 0.2) is 18.3 Å². The Kier molecular flexibility index (Phi) is 3.40. The van der Waals surface area contributed by atoms with Crippen LogP contribution < -0.4 is 0 Å². The van der Waals surface area contributed by atoms with Crippen LogP contribution in [0.25, 0.3) is 11.2 Å². The summed E-state index contributed by atoms with van der Waals surface area (Å²) in [6.45, 7) is 2.94. The number of amides is 1. The molecule has 1 aliphatic heterocycles. The van der Waals surface area contributed by atoms with Gasteiger partial charge in [0.1, 0.15) is 0 Å². The minimum atomic E-state index is -0.0717. The number of fused-ring (bicyclic) bond motifs is 1. The second kappa shape index (κ2) is 5.20. The lowest BCUT2D eigenvalue weighted by Crippen LogP contribution is -2.33. The standard InChI is InChI=1S/C14H19N5O/c1-18-7-5-10(8-18)9-19(2)14(20)13-16-11-4-3-6-15-12(11)17-13/h3-4,6,10H,5,7-9H2,1-2H3,(H,15,16,17). The summed E-state index contributed by atoms with van der Waals surface area (Å²) in [6.07, 6.45) is 2.82. The van der Waals surface area contributed by atoms with Crippen LogP contribution in [0, 0.1) is 5.92 Å². The topological polar surface area (TPSA) is 65.1 Å². The first kappa shape index (κ1) is 13.1. The van der Waals surface area contributed by atoms with Crippen molar-refractivity contribution in [1.29, 1.82) is 0 Å². The number of hydrogen-bond acceptors (Lipinski definition) is 4. The lowest BCUT2D eigenvalue weighted by Gasteiger charge is -2.20. The number of nitrogens with one attached hydrogen (secondary N) is 1. The number of rotatable bonds is 3. The van der Waals surface area contributed by atoms with Crippen LogP contribution in [-0.4, -0.2) is 64.4 Å². The lowest BCUT2D eigenvalue weighted by atomic mass is 10.1. The van der Waals surface area contributed by atoms with Gasteiger partial charge in [0.2, 0.25) is 0 Å². The van der Waals surface area contributed by atoms with Crippen molar-refractivity contribution in [3.8, 4) is 0 Å². The highest BCUT2D eigenvalue weighted by Gasteiger charge is 2.24. The summed E-state index contributed by atoms with van der Waals surface area (Å²) < 4.78 is 0. The van der Waals surface area contributed by atoms with E-state index in [4.69, 9.17) is 0 Å². The third kappa shape index (κ3) is 2.51. The molecule has 1 unspecified atom stereocenters. The molecule has 0 radical (unpaired) electrons. The third-order valence-electron chi connectivity index (χ3n) is 3.83. The molecule has 0 aromatic carbocycles. The average Bonchev–Trinajstić information content (AvgIpc) is 3.03. The Bertz CT molecular complexity index is 590. The summed E-state index contributed by atoms with van der Waals surface area (Å²) >= 11 is 0. The number of carbonyl (C=O) groups excluding carboxylic acids is 1. The van der Waals surface area contributed by atoms with Gasteiger partial charge in [0.15, 0.2) is 11.5 Å². The zero-order valence-electron chi connectivity index (χ0n) is 11.8. The van der Waals surface area contributed by atoms with E-state index in [9.17, 15) is 4.79 Å². The molecule has 1 aliphatic rings. The zero-order valence-corrected chi connectivity index (χ0v) is 11.8. The van der Waals surface area contributed by atoms with Crippen molar-refractivity contribution in [2.24, 2.45) is 5.92 Å². The van der Waals surface area contributed by atoms with Gasteiger partial charge < -0.3 is 14.8 Å². The van der Waals surface area contributed by atoms with Crippen molar-refractivity contribution >= 4 is 17.1 Å². The molecule has 1 fully saturated rings. The molecule has 0 aliphatic carbocycles. The number of aromatic nitrogens is 3. The smallest absolute Gasteiger partial charge is 0.289 e. The molecule has 0 saturated carbocycles. The van der Waals surface area contributed by atoms with Crippen LogP contribution in [0.1, 0.15) is 17.0 Å². The zero-order chi connectivity index (χ0) is 14.1. The van der Waals surface area contributed by atoms with Gasteiger partial charge in [0, 0.05) is 26.3 Å². The highest BCUT2D eigenvalue weighted by Crippen LogP contribution is 2.16. The maximum Gasteiger partial charge on any atom is 0.289 e. The molecule has 3 rings (SSSR count). The second-order valence-corrected chi connectivity index (χ2v) is 5.56. The molecule has 1 atom stereocenters. The van der Waals surface area contributed by atoms with E-state index in [1.807, 2.05) is 19.2 Å². The number of H-pyrrole nitrogens is 1. The summed E-state index contributed by atoms with van der Waals surface area (Å²) in [5.41, 5.74) is 1.38. The highest BCUT2D eigenvalue weighted by atomic mass is 16.2. The normalized spacial score (nSPS) is 19.6. The van der Waals surface area contributed by atoms with E-state index in [0.29, 0.717) is 17.4 Å². The van der Waals surface area contributed by atoms with Crippen molar-refractivity contribution in [3.63, 3.8) is 0 Å². The Morgan fingerprint density at radius 2 is 2.45 bits per heavy atom. The summed E-state index contributed by atoms with van der Waals surface area (Å²) in [4.78, 5) is 27.9. The monoisotopic (exact) mass is 273 g/mol. The van der Waals surface area contributed by atoms with Crippen LogP contribution in [0.3, 0.4) is 0 Å². The minimum Gasteiger partial charge on any atom is -0.339 e. The molecule has 0 spiro atoms. The molecular weight excluding hydrogens is 254 g/mol. The fourth-order valence-electron chi connectivity index (χ4n) is 2.77. The lowest BCUT2D eigenvalue weighted by molar-refractivity contribution is 0.0763. The van der Waals surface area contributed by atoms with Gasteiger partial charge in [-0.1, -0.05) is 0 Å². The molecule has 106 valence electrons. The predicted octanol–water partition coefficient (Wildman–Crippen LogP) is 0.982. The Labute approximate surface area is 117 Å². The van der Waals surface area contributed by atoms with Gasteiger partial charge in [-0.25, -0.2) is 9.97 Å². The molecule has 1 N–H and O–H groups in total. The van der Waals surface area contributed by atoms with E-state index in [1.54, 1.807) is 11.1 Å². The molecule has 20 heavy (non-hydrogen) atoms. The molecule has 6 nitrogen and oxygen atoms in total. The van der Waals surface area contributed by atoms with Gasteiger partial charge in [-0.05, 0) is 38.1 Å². The van der Waals surface area contributed by atoms with Crippen molar-refractivity contribution in [2.45, 2.75) is 6.42 Å². The molecule has 1 saturated heterocycles. The molecule has 0 bridgehead atoms. The van der Waals surface area contributed by atoms with E-state index in [2.05, 4.69) is 26.9 Å². The van der Waals surface area contributed by atoms with E-state index in [-0.39, 0.29) is 5.91 Å². The quantitative estimate of drug-likeness (QED) is 0.905. The van der Waals surface area contributed by atoms with Crippen LogP contribution >= 0.6 is 0 Å². The largest absolute Gasteiger partial charge is 0.339 e. The maximum absolute atomic E-state index is 12.4. The molecule has 1 amide bonds. The summed E-state index contributed by atoms with van der Waals surface area (Å²) in [5.74, 6) is 0.849. The fraction of sp³-hybridized carbons (Fsp3) is 0.500. The molecule has 3 heterocycles. The average molecular weight is 273 g/mol. The first-order chi connectivity index (χ1) is 9.63. The number of imidazole rings is 1. The van der Waals surface area contributed by atoms with E-state index >= 15 is 0 Å². The van der Waals surface area contributed by atoms with Crippen LogP contribution in [0.5, 0.6) is 0 Å². The summed E-state index contributed by atoms with van der Waals surface area (Å²) in [6, 6.07) is 3.70. The van der Waals surface area contributed by atoms with Gasteiger partial charge in [-0.2, -0.15) is 0 Å². The summed E-state index contributed by atoms with van der Waals surface area (Å²) in [5, 5.41) is 0.